The predicted octanol–water partition coefficient (Wildman–Crippen LogP) is 4.11. The first-order valence-electron chi connectivity index (χ1n) is 5.64. The van der Waals surface area contributed by atoms with Crippen molar-refractivity contribution in [2.24, 2.45) is 0 Å². The van der Waals surface area contributed by atoms with Gasteiger partial charge in [-0.3, -0.25) is 0 Å². The van der Waals surface area contributed by atoms with Gasteiger partial charge in [0.1, 0.15) is 5.76 Å². The topological polar surface area (TPSA) is 38.1 Å². The monoisotopic (exact) mass is 372 g/mol. The summed E-state index contributed by atoms with van der Waals surface area (Å²) < 4.78 is 7.26. The molecule has 96 valence electrons. The van der Waals surface area contributed by atoms with Crippen molar-refractivity contribution in [3.05, 3.63) is 49.7 Å². The molecule has 0 fully saturated rings. The molecule has 0 spiro atoms. The molecule has 0 atom stereocenters. The summed E-state index contributed by atoms with van der Waals surface area (Å²) in [6, 6.07) is 6.23. The van der Waals surface area contributed by atoms with Crippen molar-refractivity contribution in [2.45, 2.75) is 26.9 Å². The first kappa shape index (κ1) is 13.8. The van der Waals surface area contributed by atoms with Crippen LogP contribution in [0.25, 0.3) is 0 Å². The van der Waals surface area contributed by atoms with Crippen molar-refractivity contribution >= 4 is 31.9 Å². The minimum absolute atomic E-state index is 0.773. The molecule has 2 rings (SSSR count). The number of hydrogen-bond donors (Lipinski definition) is 1. The summed E-state index contributed by atoms with van der Waals surface area (Å²) in [6.45, 7) is 5.49. The molecule has 18 heavy (non-hydrogen) atoms. The predicted molar refractivity (Wildman–Crippen MR) is 78.4 cm³/mol. The van der Waals surface area contributed by atoms with E-state index < -0.39 is 0 Å². The van der Waals surface area contributed by atoms with Gasteiger partial charge in [-0.05, 0) is 63.4 Å². The highest BCUT2D eigenvalue weighted by Crippen LogP contribution is 2.23. The summed E-state index contributed by atoms with van der Waals surface area (Å²) >= 11 is 6.96. The summed E-state index contributed by atoms with van der Waals surface area (Å²) in [6.07, 6.45) is 0. The second-order valence-corrected chi connectivity index (χ2v) is 5.86. The van der Waals surface area contributed by atoms with Crippen LogP contribution in [0.15, 0.2) is 31.7 Å². The van der Waals surface area contributed by atoms with Crippen molar-refractivity contribution in [2.75, 3.05) is 0 Å². The second-order valence-electron chi connectivity index (χ2n) is 4.15. The highest BCUT2D eigenvalue weighted by atomic mass is 79.9. The SMILES string of the molecule is Cc1noc(C)c1CNCc1ccc(Br)c(Br)c1. The van der Waals surface area contributed by atoms with Gasteiger partial charge in [0, 0.05) is 27.6 Å². The number of aromatic nitrogens is 1. The molecule has 1 heterocycles. The minimum Gasteiger partial charge on any atom is -0.361 e. The molecule has 0 unspecified atom stereocenters. The summed E-state index contributed by atoms with van der Waals surface area (Å²) in [5, 5.41) is 7.34. The summed E-state index contributed by atoms with van der Waals surface area (Å²) in [5.74, 6) is 0.886. The average molecular weight is 374 g/mol. The fraction of sp³-hybridized carbons (Fsp3) is 0.308. The van der Waals surface area contributed by atoms with Crippen LogP contribution in [-0.4, -0.2) is 5.16 Å². The van der Waals surface area contributed by atoms with E-state index in [0.717, 1.165) is 39.1 Å². The van der Waals surface area contributed by atoms with Gasteiger partial charge in [-0.1, -0.05) is 11.2 Å². The van der Waals surface area contributed by atoms with Gasteiger partial charge in [0.05, 0.1) is 5.69 Å². The van der Waals surface area contributed by atoms with Crippen molar-refractivity contribution < 1.29 is 4.52 Å². The molecule has 1 N–H and O–H groups in total. The Labute approximate surface area is 123 Å². The largest absolute Gasteiger partial charge is 0.361 e. The maximum atomic E-state index is 5.13. The lowest BCUT2D eigenvalue weighted by Gasteiger charge is -2.06. The van der Waals surface area contributed by atoms with Gasteiger partial charge in [0.25, 0.3) is 0 Å². The number of halogens is 2. The Bertz CT molecular complexity index is 532. The van der Waals surface area contributed by atoms with E-state index in [1.54, 1.807) is 0 Å². The maximum Gasteiger partial charge on any atom is 0.138 e. The van der Waals surface area contributed by atoms with Crippen LogP contribution in [0.3, 0.4) is 0 Å². The minimum atomic E-state index is 0.773. The Balaban J connectivity index is 1.94. The standard InChI is InChI=1S/C13H14Br2N2O/c1-8-11(9(2)18-17-8)7-16-6-10-3-4-12(14)13(15)5-10/h3-5,16H,6-7H2,1-2H3. The zero-order valence-corrected chi connectivity index (χ0v) is 13.4. The van der Waals surface area contributed by atoms with Gasteiger partial charge in [-0.2, -0.15) is 0 Å². The van der Waals surface area contributed by atoms with E-state index >= 15 is 0 Å². The Morgan fingerprint density at radius 1 is 1.17 bits per heavy atom. The third kappa shape index (κ3) is 3.22. The lowest BCUT2D eigenvalue weighted by Crippen LogP contribution is -2.13. The zero-order chi connectivity index (χ0) is 13.1. The molecule has 0 amide bonds. The highest BCUT2D eigenvalue weighted by Gasteiger charge is 2.08. The molecule has 0 saturated carbocycles. The van der Waals surface area contributed by atoms with Crippen LogP contribution in [-0.2, 0) is 13.1 Å². The van der Waals surface area contributed by atoms with Gasteiger partial charge < -0.3 is 9.84 Å². The first-order chi connectivity index (χ1) is 8.58. The van der Waals surface area contributed by atoms with Crippen LogP contribution in [0.1, 0.15) is 22.6 Å². The maximum absolute atomic E-state index is 5.13. The Hall–Kier alpha value is -0.650. The summed E-state index contributed by atoms with van der Waals surface area (Å²) in [4.78, 5) is 0. The van der Waals surface area contributed by atoms with Gasteiger partial charge >= 0.3 is 0 Å². The Kier molecular flexibility index (Phi) is 4.59. The number of hydrogen-bond acceptors (Lipinski definition) is 3. The van der Waals surface area contributed by atoms with Crippen LogP contribution < -0.4 is 5.32 Å². The fourth-order valence-electron chi connectivity index (χ4n) is 1.74. The van der Waals surface area contributed by atoms with Crippen LogP contribution >= 0.6 is 31.9 Å². The quantitative estimate of drug-likeness (QED) is 0.876. The molecule has 1 aromatic carbocycles. The van der Waals surface area contributed by atoms with Gasteiger partial charge in [-0.25, -0.2) is 0 Å². The van der Waals surface area contributed by atoms with Crippen LogP contribution in [0, 0.1) is 13.8 Å². The van der Waals surface area contributed by atoms with Gasteiger partial charge in [0.15, 0.2) is 0 Å². The first-order valence-corrected chi connectivity index (χ1v) is 7.23. The molecule has 0 saturated heterocycles. The third-order valence-electron chi connectivity index (χ3n) is 2.80. The van der Waals surface area contributed by atoms with Crippen molar-refractivity contribution in [3.63, 3.8) is 0 Å². The Morgan fingerprint density at radius 2 is 1.94 bits per heavy atom. The number of nitrogens with one attached hydrogen (secondary N) is 1. The van der Waals surface area contributed by atoms with Crippen LogP contribution in [0.4, 0.5) is 0 Å². The molecule has 5 heteroatoms. The lowest BCUT2D eigenvalue weighted by atomic mass is 10.2. The summed E-state index contributed by atoms with van der Waals surface area (Å²) in [7, 11) is 0. The van der Waals surface area contributed by atoms with Crippen molar-refractivity contribution in [1.29, 1.82) is 0 Å². The van der Waals surface area contributed by atoms with Gasteiger partial charge in [0.2, 0.25) is 0 Å². The zero-order valence-electron chi connectivity index (χ0n) is 10.3. The smallest absolute Gasteiger partial charge is 0.138 e. The van der Waals surface area contributed by atoms with E-state index in [1.807, 2.05) is 19.9 Å². The van der Waals surface area contributed by atoms with E-state index in [4.69, 9.17) is 4.52 Å². The molecule has 0 bridgehead atoms. The summed E-state index contributed by atoms with van der Waals surface area (Å²) in [5.41, 5.74) is 3.33. The molecule has 1 aromatic heterocycles. The van der Waals surface area contributed by atoms with Crippen LogP contribution in [0.2, 0.25) is 0 Å². The van der Waals surface area contributed by atoms with E-state index in [0.29, 0.717) is 0 Å². The van der Waals surface area contributed by atoms with E-state index in [-0.39, 0.29) is 0 Å². The third-order valence-corrected chi connectivity index (χ3v) is 4.68. The molecule has 0 aliphatic carbocycles. The lowest BCUT2D eigenvalue weighted by molar-refractivity contribution is 0.392. The Morgan fingerprint density at radius 3 is 2.56 bits per heavy atom. The molecule has 0 aliphatic heterocycles. The normalized spacial score (nSPS) is 10.9. The van der Waals surface area contributed by atoms with Crippen LogP contribution in [0.5, 0.6) is 0 Å². The van der Waals surface area contributed by atoms with Crippen molar-refractivity contribution in [1.82, 2.24) is 10.5 Å². The molecule has 2 aromatic rings. The molecular weight excluding hydrogens is 360 g/mol. The van der Waals surface area contributed by atoms with Gasteiger partial charge in [-0.15, -0.1) is 0 Å². The molecule has 0 aliphatic rings. The fourth-order valence-corrected chi connectivity index (χ4v) is 2.41. The number of nitrogens with zero attached hydrogens (tertiary/aromatic N) is 1. The molecule has 0 radical (unpaired) electrons. The molecular formula is C13H14Br2N2O. The number of aryl methyl sites for hydroxylation is 2. The number of rotatable bonds is 4. The highest BCUT2D eigenvalue weighted by molar-refractivity contribution is 9.13. The van der Waals surface area contributed by atoms with E-state index in [9.17, 15) is 0 Å². The van der Waals surface area contributed by atoms with Crippen molar-refractivity contribution in [3.8, 4) is 0 Å². The van der Waals surface area contributed by atoms with E-state index in [2.05, 4.69) is 54.5 Å². The number of benzene rings is 1. The second kappa shape index (κ2) is 5.99. The molecule has 3 nitrogen and oxygen atoms in total. The average Bonchev–Trinajstić information content (AvgIpc) is 2.65. The van der Waals surface area contributed by atoms with E-state index in [1.165, 1.54) is 5.56 Å².